The third-order valence-corrected chi connectivity index (χ3v) is 3.44. The summed E-state index contributed by atoms with van der Waals surface area (Å²) in [5.41, 5.74) is 0.556. The normalized spacial score (nSPS) is 21.7. The van der Waals surface area contributed by atoms with E-state index in [0.29, 0.717) is 17.9 Å². The molecule has 1 heterocycles. The van der Waals surface area contributed by atoms with E-state index in [1.54, 1.807) is 18.2 Å². The summed E-state index contributed by atoms with van der Waals surface area (Å²) in [5, 5.41) is 2.73. The second-order valence-electron chi connectivity index (χ2n) is 5.20. The quantitative estimate of drug-likeness (QED) is 0.677. The summed E-state index contributed by atoms with van der Waals surface area (Å²) in [5.74, 6) is -0.762. The Labute approximate surface area is 118 Å². The zero-order valence-electron chi connectivity index (χ0n) is 11.9. The lowest BCUT2D eigenvalue weighted by Gasteiger charge is -2.12. The summed E-state index contributed by atoms with van der Waals surface area (Å²) in [6, 6.07) is 7.09. The predicted octanol–water partition coefficient (Wildman–Crippen LogP) is 2.22. The van der Waals surface area contributed by atoms with Crippen LogP contribution in [-0.4, -0.2) is 25.1 Å². The SMILES string of the molecule is COc1ccccc1NC(=O)[C@@H]1C[C@H](C(C)C)OC1=O. The number of hydrogen-bond acceptors (Lipinski definition) is 4. The van der Waals surface area contributed by atoms with Gasteiger partial charge in [-0.25, -0.2) is 0 Å². The number of benzene rings is 1. The molecular weight excluding hydrogens is 258 g/mol. The summed E-state index contributed by atoms with van der Waals surface area (Å²) in [6.07, 6.45) is 0.244. The van der Waals surface area contributed by atoms with Crippen LogP contribution in [0.25, 0.3) is 0 Å². The van der Waals surface area contributed by atoms with Gasteiger partial charge in [0.15, 0.2) is 0 Å². The molecule has 1 fully saturated rings. The summed E-state index contributed by atoms with van der Waals surface area (Å²) in [7, 11) is 1.53. The second-order valence-corrected chi connectivity index (χ2v) is 5.20. The molecule has 1 aromatic rings. The molecule has 2 atom stereocenters. The zero-order chi connectivity index (χ0) is 14.7. The first-order valence-corrected chi connectivity index (χ1v) is 6.67. The van der Waals surface area contributed by atoms with Gasteiger partial charge in [0.1, 0.15) is 17.8 Å². The minimum Gasteiger partial charge on any atom is -0.495 e. The van der Waals surface area contributed by atoms with Crippen LogP contribution in [0.2, 0.25) is 0 Å². The lowest BCUT2D eigenvalue weighted by Crippen LogP contribution is -2.26. The van der Waals surface area contributed by atoms with E-state index in [1.807, 2.05) is 19.9 Å². The fraction of sp³-hybridized carbons (Fsp3) is 0.467. The van der Waals surface area contributed by atoms with Crippen LogP contribution in [0.4, 0.5) is 5.69 Å². The molecule has 5 nitrogen and oxygen atoms in total. The van der Waals surface area contributed by atoms with Crippen molar-refractivity contribution in [1.29, 1.82) is 0 Å². The van der Waals surface area contributed by atoms with Gasteiger partial charge in [0.05, 0.1) is 12.8 Å². The van der Waals surface area contributed by atoms with Crippen LogP contribution >= 0.6 is 0 Å². The Balaban J connectivity index is 2.07. The average molecular weight is 277 g/mol. The average Bonchev–Trinajstić information content (AvgIpc) is 2.82. The first kappa shape index (κ1) is 14.4. The molecule has 1 aliphatic heterocycles. The van der Waals surface area contributed by atoms with Crippen LogP contribution in [0.3, 0.4) is 0 Å². The number of rotatable bonds is 4. The van der Waals surface area contributed by atoms with Crippen molar-refractivity contribution in [2.75, 3.05) is 12.4 Å². The predicted molar refractivity (Wildman–Crippen MR) is 74.4 cm³/mol. The monoisotopic (exact) mass is 277 g/mol. The molecule has 1 saturated heterocycles. The Morgan fingerprint density at radius 2 is 2.10 bits per heavy atom. The maximum atomic E-state index is 12.2. The number of carbonyl (C=O) groups is 2. The van der Waals surface area contributed by atoms with Crippen LogP contribution in [0.15, 0.2) is 24.3 Å². The lowest BCUT2D eigenvalue weighted by molar-refractivity contribution is -0.147. The van der Waals surface area contributed by atoms with Gasteiger partial charge in [-0.05, 0) is 18.1 Å². The molecule has 0 aliphatic carbocycles. The third-order valence-electron chi connectivity index (χ3n) is 3.44. The van der Waals surface area contributed by atoms with E-state index < -0.39 is 11.9 Å². The third kappa shape index (κ3) is 2.92. The van der Waals surface area contributed by atoms with Crippen molar-refractivity contribution in [1.82, 2.24) is 0 Å². The number of methoxy groups -OCH3 is 1. The topological polar surface area (TPSA) is 64.6 Å². The van der Waals surface area contributed by atoms with Crippen LogP contribution in [0, 0.1) is 11.8 Å². The number of hydrogen-bond donors (Lipinski definition) is 1. The highest BCUT2D eigenvalue weighted by atomic mass is 16.6. The summed E-state index contributed by atoms with van der Waals surface area (Å²) >= 11 is 0. The molecule has 0 unspecified atom stereocenters. The fourth-order valence-corrected chi connectivity index (χ4v) is 2.20. The number of esters is 1. The van der Waals surface area contributed by atoms with E-state index in [4.69, 9.17) is 9.47 Å². The Kier molecular flexibility index (Phi) is 4.27. The van der Waals surface area contributed by atoms with Gasteiger partial charge in [0.2, 0.25) is 5.91 Å². The standard InChI is InChI=1S/C15H19NO4/c1-9(2)13-8-10(15(18)20-13)14(17)16-11-6-4-5-7-12(11)19-3/h4-7,9-10,13H,8H2,1-3H3,(H,16,17)/t10-,13+/m0/s1. The zero-order valence-corrected chi connectivity index (χ0v) is 11.9. The van der Waals surface area contributed by atoms with E-state index >= 15 is 0 Å². The highest BCUT2D eigenvalue weighted by molar-refractivity contribution is 6.06. The minimum atomic E-state index is -0.743. The highest BCUT2D eigenvalue weighted by Crippen LogP contribution is 2.29. The van der Waals surface area contributed by atoms with E-state index in [-0.39, 0.29) is 17.9 Å². The van der Waals surface area contributed by atoms with Crippen molar-refractivity contribution in [2.24, 2.45) is 11.8 Å². The van der Waals surface area contributed by atoms with Gasteiger partial charge in [-0.15, -0.1) is 0 Å². The van der Waals surface area contributed by atoms with Gasteiger partial charge < -0.3 is 14.8 Å². The number of anilines is 1. The lowest BCUT2D eigenvalue weighted by atomic mass is 9.97. The Morgan fingerprint density at radius 1 is 1.40 bits per heavy atom. The molecule has 5 heteroatoms. The first-order valence-electron chi connectivity index (χ1n) is 6.67. The van der Waals surface area contributed by atoms with Gasteiger partial charge >= 0.3 is 5.97 Å². The van der Waals surface area contributed by atoms with Gasteiger partial charge in [-0.1, -0.05) is 26.0 Å². The van der Waals surface area contributed by atoms with Gasteiger partial charge in [0, 0.05) is 6.42 Å². The maximum absolute atomic E-state index is 12.2. The van der Waals surface area contributed by atoms with Crippen LogP contribution in [0.1, 0.15) is 20.3 Å². The molecule has 1 N–H and O–H groups in total. The van der Waals surface area contributed by atoms with E-state index in [1.165, 1.54) is 7.11 Å². The molecular formula is C15H19NO4. The molecule has 1 aromatic carbocycles. The Bertz CT molecular complexity index is 512. The van der Waals surface area contributed by atoms with Gasteiger partial charge in [0.25, 0.3) is 0 Å². The number of para-hydroxylation sites is 2. The minimum absolute atomic E-state index is 0.184. The van der Waals surface area contributed by atoms with Crippen molar-refractivity contribution in [2.45, 2.75) is 26.4 Å². The maximum Gasteiger partial charge on any atom is 0.318 e. The van der Waals surface area contributed by atoms with Crippen molar-refractivity contribution < 1.29 is 19.1 Å². The second kappa shape index (κ2) is 5.94. The number of ether oxygens (including phenoxy) is 2. The van der Waals surface area contributed by atoms with Crippen molar-refractivity contribution in [3.63, 3.8) is 0 Å². The molecule has 0 saturated carbocycles. The van der Waals surface area contributed by atoms with Crippen LogP contribution in [-0.2, 0) is 14.3 Å². The molecule has 1 amide bonds. The summed E-state index contributed by atoms with van der Waals surface area (Å²) in [6.45, 7) is 3.94. The van der Waals surface area contributed by atoms with Gasteiger partial charge in [-0.3, -0.25) is 9.59 Å². The van der Waals surface area contributed by atoms with Crippen molar-refractivity contribution >= 4 is 17.6 Å². The number of amides is 1. The first-order chi connectivity index (χ1) is 9.52. The molecule has 0 aromatic heterocycles. The molecule has 20 heavy (non-hydrogen) atoms. The van der Waals surface area contributed by atoms with Gasteiger partial charge in [-0.2, -0.15) is 0 Å². The molecule has 0 radical (unpaired) electrons. The van der Waals surface area contributed by atoms with E-state index in [0.717, 1.165) is 0 Å². The number of nitrogens with one attached hydrogen (secondary N) is 1. The van der Waals surface area contributed by atoms with Crippen molar-refractivity contribution in [3.8, 4) is 5.75 Å². The molecule has 1 aliphatic rings. The van der Waals surface area contributed by atoms with Crippen molar-refractivity contribution in [3.05, 3.63) is 24.3 Å². The summed E-state index contributed by atoms with van der Waals surface area (Å²) in [4.78, 5) is 24.0. The van der Waals surface area contributed by atoms with E-state index in [2.05, 4.69) is 5.32 Å². The molecule has 0 spiro atoms. The Hall–Kier alpha value is -2.04. The molecule has 0 bridgehead atoms. The van der Waals surface area contributed by atoms with E-state index in [9.17, 15) is 9.59 Å². The number of carbonyl (C=O) groups excluding carboxylic acids is 2. The largest absolute Gasteiger partial charge is 0.495 e. The highest BCUT2D eigenvalue weighted by Gasteiger charge is 2.40. The Morgan fingerprint density at radius 3 is 2.70 bits per heavy atom. The summed E-state index contributed by atoms with van der Waals surface area (Å²) < 4.78 is 10.4. The van der Waals surface area contributed by atoms with Crippen LogP contribution < -0.4 is 10.1 Å². The number of cyclic esters (lactones) is 1. The molecule has 2 rings (SSSR count). The fourth-order valence-electron chi connectivity index (χ4n) is 2.20. The molecule has 108 valence electrons. The smallest absolute Gasteiger partial charge is 0.318 e. The van der Waals surface area contributed by atoms with Crippen LogP contribution in [0.5, 0.6) is 5.75 Å².